The number of hydrogen-bond donors (Lipinski definition) is 1. The Balaban J connectivity index is 1.37. The molecule has 6 heteroatoms. The molecule has 2 heterocycles. The highest BCUT2D eigenvalue weighted by molar-refractivity contribution is 5.93. The van der Waals surface area contributed by atoms with Crippen LogP contribution >= 0.6 is 0 Å². The van der Waals surface area contributed by atoms with Crippen molar-refractivity contribution in [2.45, 2.75) is 34.6 Å². The Morgan fingerprint density at radius 1 is 0.938 bits per heavy atom. The van der Waals surface area contributed by atoms with E-state index in [-0.39, 0.29) is 5.91 Å². The third-order valence-corrected chi connectivity index (χ3v) is 6.49. The SMILES string of the molecule is Cc1ccc(-n2nc(C)c(NC(=O)CN3CCN(c4cccc(C)c4C)CC3)c2C)cc1. The average molecular weight is 432 g/mol. The topological polar surface area (TPSA) is 53.4 Å². The molecule has 0 radical (unpaired) electrons. The highest BCUT2D eigenvalue weighted by atomic mass is 16.2. The van der Waals surface area contributed by atoms with E-state index in [0.717, 1.165) is 48.9 Å². The summed E-state index contributed by atoms with van der Waals surface area (Å²) in [6, 6.07) is 14.7. The minimum atomic E-state index is 0.0137. The summed E-state index contributed by atoms with van der Waals surface area (Å²) in [6.45, 7) is 14.4. The van der Waals surface area contributed by atoms with Crippen LogP contribution in [0.3, 0.4) is 0 Å². The molecule has 0 aliphatic carbocycles. The minimum Gasteiger partial charge on any atom is -0.369 e. The Kier molecular flexibility index (Phi) is 6.33. The van der Waals surface area contributed by atoms with Crippen molar-refractivity contribution < 1.29 is 4.79 Å². The molecular weight excluding hydrogens is 398 g/mol. The number of aromatic nitrogens is 2. The highest BCUT2D eigenvalue weighted by Crippen LogP contribution is 2.25. The minimum absolute atomic E-state index is 0.0137. The first-order valence-corrected chi connectivity index (χ1v) is 11.3. The fraction of sp³-hybridized carbons (Fsp3) is 0.385. The van der Waals surface area contributed by atoms with Gasteiger partial charge in [0.15, 0.2) is 0 Å². The molecule has 0 unspecified atom stereocenters. The fourth-order valence-corrected chi connectivity index (χ4v) is 4.37. The van der Waals surface area contributed by atoms with Gasteiger partial charge < -0.3 is 10.2 Å². The number of piperazine rings is 1. The van der Waals surface area contributed by atoms with Crippen molar-refractivity contribution in [2.24, 2.45) is 0 Å². The Morgan fingerprint density at radius 3 is 2.31 bits per heavy atom. The van der Waals surface area contributed by atoms with Gasteiger partial charge in [-0.2, -0.15) is 5.10 Å². The van der Waals surface area contributed by atoms with E-state index in [2.05, 4.69) is 83.5 Å². The van der Waals surface area contributed by atoms with E-state index in [1.165, 1.54) is 22.4 Å². The van der Waals surface area contributed by atoms with Crippen molar-refractivity contribution in [3.05, 3.63) is 70.5 Å². The predicted molar refractivity (Wildman–Crippen MR) is 131 cm³/mol. The second kappa shape index (κ2) is 9.17. The fourth-order valence-electron chi connectivity index (χ4n) is 4.37. The zero-order valence-corrected chi connectivity index (χ0v) is 19.8. The number of carbonyl (C=O) groups is 1. The van der Waals surface area contributed by atoms with Gasteiger partial charge in [-0.3, -0.25) is 9.69 Å². The smallest absolute Gasteiger partial charge is 0.238 e. The Morgan fingerprint density at radius 2 is 1.62 bits per heavy atom. The van der Waals surface area contributed by atoms with Gasteiger partial charge in [0.05, 0.1) is 29.3 Å². The molecule has 6 nitrogen and oxygen atoms in total. The number of carbonyl (C=O) groups excluding carboxylic acids is 1. The maximum absolute atomic E-state index is 12.8. The first-order chi connectivity index (χ1) is 15.3. The molecule has 32 heavy (non-hydrogen) atoms. The van der Waals surface area contributed by atoms with Crippen LogP contribution in [0.1, 0.15) is 28.1 Å². The lowest BCUT2D eigenvalue weighted by atomic mass is 10.1. The van der Waals surface area contributed by atoms with Crippen LogP contribution in [0.15, 0.2) is 42.5 Å². The lowest BCUT2D eigenvalue weighted by molar-refractivity contribution is -0.117. The van der Waals surface area contributed by atoms with Gasteiger partial charge in [-0.1, -0.05) is 29.8 Å². The van der Waals surface area contributed by atoms with Crippen LogP contribution in [0.4, 0.5) is 11.4 Å². The van der Waals surface area contributed by atoms with Crippen molar-refractivity contribution >= 4 is 17.3 Å². The number of anilines is 2. The molecule has 3 aromatic rings. The summed E-state index contributed by atoms with van der Waals surface area (Å²) in [5.74, 6) is 0.0137. The molecule has 168 valence electrons. The van der Waals surface area contributed by atoms with Crippen molar-refractivity contribution in [2.75, 3.05) is 42.9 Å². The molecule has 0 saturated carbocycles. The molecule has 1 fully saturated rings. The van der Waals surface area contributed by atoms with Gasteiger partial charge in [-0.05, 0) is 63.9 Å². The van der Waals surface area contributed by atoms with E-state index in [1.807, 2.05) is 18.5 Å². The van der Waals surface area contributed by atoms with E-state index < -0.39 is 0 Å². The normalized spacial score (nSPS) is 14.6. The van der Waals surface area contributed by atoms with Gasteiger partial charge in [0.25, 0.3) is 0 Å². The molecular formula is C26H33N5O. The van der Waals surface area contributed by atoms with Gasteiger partial charge >= 0.3 is 0 Å². The average Bonchev–Trinajstić information content (AvgIpc) is 3.05. The monoisotopic (exact) mass is 431 g/mol. The Hall–Kier alpha value is -3.12. The summed E-state index contributed by atoms with van der Waals surface area (Å²) in [6.07, 6.45) is 0. The number of nitrogens with one attached hydrogen (secondary N) is 1. The first kappa shape index (κ1) is 22.1. The highest BCUT2D eigenvalue weighted by Gasteiger charge is 2.22. The number of benzene rings is 2. The quantitative estimate of drug-likeness (QED) is 0.659. The van der Waals surface area contributed by atoms with Crippen molar-refractivity contribution in [1.29, 1.82) is 0 Å². The van der Waals surface area contributed by atoms with Crippen molar-refractivity contribution in [3.8, 4) is 5.69 Å². The number of rotatable bonds is 5. The zero-order chi connectivity index (χ0) is 22.8. The van der Waals surface area contributed by atoms with Gasteiger partial charge in [0, 0.05) is 31.9 Å². The van der Waals surface area contributed by atoms with Gasteiger partial charge in [0.1, 0.15) is 0 Å². The Labute approximate surface area is 190 Å². The van der Waals surface area contributed by atoms with E-state index in [9.17, 15) is 4.79 Å². The molecule has 0 atom stereocenters. The molecule has 1 aliphatic heterocycles. The summed E-state index contributed by atoms with van der Waals surface area (Å²) in [7, 11) is 0. The van der Waals surface area contributed by atoms with Crippen LogP contribution in [-0.2, 0) is 4.79 Å². The molecule has 1 aliphatic rings. The molecule has 1 saturated heterocycles. The van der Waals surface area contributed by atoms with Crippen LogP contribution in [0.25, 0.3) is 5.69 Å². The molecule has 1 N–H and O–H groups in total. The summed E-state index contributed by atoms with van der Waals surface area (Å²) in [4.78, 5) is 17.5. The summed E-state index contributed by atoms with van der Waals surface area (Å²) >= 11 is 0. The summed E-state index contributed by atoms with van der Waals surface area (Å²) in [5, 5.41) is 7.76. The molecule has 1 amide bonds. The van der Waals surface area contributed by atoms with E-state index in [0.29, 0.717) is 6.54 Å². The van der Waals surface area contributed by atoms with E-state index in [1.54, 1.807) is 0 Å². The maximum Gasteiger partial charge on any atom is 0.238 e. The molecule has 4 rings (SSSR count). The van der Waals surface area contributed by atoms with Crippen molar-refractivity contribution in [1.82, 2.24) is 14.7 Å². The van der Waals surface area contributed by atoms with E-state index in [4.69, 9.17) is 0 Å². The number of nitrogens with zero attached hydrogens (tertiary/aromatic N) is 4. The largest absolute Gasteiger partial charge is 0.369 e. The van der Waals surface area contributed by atoms with Crippen LogP contribution in [0, 0.1) is 34.6 Å². The van der Waals surface area contributed by atoms with Gasteiger partial charge in [-0.15, -0.1) is 0 Å². The van der Waals surface area contributed by atoms with Crippen LogP contribution < -0.4 is 10.2 Å². The number of aryl methyl sites for hydroxylation is 3. The Bertz CT molecular complexity index is 1110. The molecule has 0 spiro atoms. The lowest BCUT2D eigenvalue weighted by Crippen LogP contribution is -2.48. The van der Waals surface area contributed by atoms with Gasteiger partial charge in [-0.25, -0.2) is 4.68 Å². The summed E-state index contributed by atoms with van der Waals surface area (Å²) in [5.41, 5.74) is 8.77. The van der Waals surface area contributed by atoms with Crippen LogP contribution in [0.5, 0.6) is 0 Å². The number of amides is 1. The predicted octanol–water partition coefficient (Wildman–Crippen LogP) is 4.18. The van der Waals surface area contributed by atoms with E-state index >= 15 is 0 Å². The van der Waals surface area contributed by atoms with Crippen LogP contribution in [0.2, 0.25) is 0 Å². The third-order valence-electron chi connectivity index (χ3n) is 6.49. The summed E-state index contributed by atoms with van der Waals surface area (Å²) < 4.78 is 1.90. The maximum atomic E-state index is 12.8. The molecule has 1 aromatic heterocycles. The van der Waals surface area contributed by atoms with Gasteiger partial charge in [0.2, 0.25) is 5.91 Å². The number of hydrogen-bond acceptors (Lipinski definition) is 4. The van der Waals surface area contributed by atoms with Crippen LogP contribution in [-0.4, -0.2) is 53.3 Å². The lowest BCUT2D eigenvalue weighted by Gasteiger charge is -2.36. The second-order valence-corrected chi connectivity index (χ2v) is 8.82. The first-order valence-electron chi connectivity index (χ1n) is 11.3. The zero-order valence-electron chi connectivity index (χ0n) is 19.8. The third kappa shape index (κ3) is 4.55. The second-order valence-electron chi connectivity index (χ2n) is 8.82. The molecule has 0 bridgehead atoms. The standard InChI is InChI=1S/C26H33N5O/c1-18-9-11-23(12-10-18)31-22(5)26(21(4)28-31)27-25(32)17-29-13-15-30(16-14-29)24-8-6-7-19(2)20(24)3/h6-12H,13-17H2,1-5H3,(H,27,32). The molecule has 2 aromatic carbocycles. The van der Waals surface area contributed by atoms with Crippen molar-refractivity contribution in [3.63, 3.8) is 0 Å².